The smallest absolute Gasteiger partial charge is 0.270 e. The Balaban J connectivity index is 1.60. The lowest BCUT2D eigenvalue weighted by Crippen LogP contribution is -2.30. The molecule has 9 heteroatoms. The number of nitrogens with one attached hydrogen (secondary N) is 1. The second-order valence-electron chi connectivity index (χ2n) is 5.97. The summed E-state index contributed by atoms with van der Waals surface area (Å²) in [5.74, 6) is -1.01. The van der Waals surface area contributed by atoms with Gasteiger partial charge in [0.15, 0.2) is 0 Å². The summed E-state index contributed by atoms with van der Waals surface area (Å²) in [5.41, 5.74) is 3.56. The summed E-state index contributed by atoms with van der Waals surface area (Å²) < 4.78 is 0.905. The van der Waals surface area contributed by atoms with Crippen LogP contribution in [0.2, 0.25) is 0 Å². The van der Waals surface area contributed by atoms with Crippen molar-refractivity contribution in [1.82, 2.24) is 5.43 Å². The summed E-state index contributed by atoms with van der Waals surface area (Å²) in [4.78, 5) is 36.3. The molecule has 1 unspecified atom stereocenters. The van der Waals surface area contributed by atoms with Crippen LogP contribution in [-0.4, -0.2) is 29.5 Å². The van der Waals surface area contributed by atoms with Crippen molar-refractivity contribution >= 4 is 45.3 Å². The van der Waals surface area contributed by atoms with Crippen LogP contribution in [0.3, 0.4) is 0 Å². The zero-order valence-corrected chi connectivity index (χ0v) is 15.6. The number of halogens is 1. The van der Waals surface area contributed by atoms with Crippen LogP contribution in [-0.2, 0) is 9.59 Å². The van der Waals surface area contributed by atoms with Crippen molar-refractivity contribution in [3.63, 3.8) is 0 Å². The molecule has 0 spiro atoms. The van der Waals surface area contributed by atoms with Crippen LogP contribution < -0.4 is 10.3 Å². The Morgan fingerprint density at radius 3 is 2.74 bits per heavy atom. The van der Waals surface area contributed by atoms with E-state index in [4.69, 9.17) is 0 Å². The van der Waals surface area contributed by atoms with E-state index in [9.17, 15) is 19.7 Å². The molecular weight excluding hydrogens is 416 g/mol. The van der Waals surface area contributed by atoms with E-state index in [0.29, 0.717) is 5.56 Å². The van der Waals surface area contributed by atoms with Gasteiger partial charge in [-0.25, -0.2) is 5.43 Å². The second-order valence-corrected chi connectivity index (χ2v) is 6.88. The van der Waals surface area contributed by atoms with Gasteiger partial charge in [0.25, 0.3) is 5.69 Å². The fourth-order valence-electron chi connectivity index (χ4n) is 2.73. The van der Waals surface area contributed by atoms with Crippen LogP contribution in [0.1, 0.15) is 12.0 Å². The van der Waals surface area contributed by atoms with Gasteiger partial charge in [-0.3, -0.25) is 19.7 Å². The Morgan fingerprint density at radius 1 is 1.30 bits per heavy atom. The number of carbonyl (C=O) groups excluding carboxylic acids is 2. The summed E-state index contributed by atoms with van der Waals surface area (Å²) in [6.07, 6.45) is 1.43. The molecule has 0 aliphatic carbocycles. The lowest BCUT2D eigenvalue weighted by molar-refractivity contribution is -0.384. The van der Waals surface area contributed by atoms with Crippen molar-refractivity contribution in [2.75, 3.05) is 11.4 Å². The molecule has 0 bridgehead atoms. The summed E-state index contributed by atoms with van der Waals surface area (Å²) >= 11 is 3.34. The third-order valence-corrected chi connectivity index (χ3v) is 4.63. The van der Waals surface area contributed by atoms with Gasteiger partial charge >= 0.3 is 0 Å². The molecule has 1 heterocycles. The highest BCUT2D eigenvalue weighted by molar-refractivity contribution is 9.10. The molecule has 138 valence electrons. The van der Waals surface area contributed by atoms with Crippen molar-refractivity contribution in [2.24, 2.45) is 11.0 Å². The van der Waals surface area contributed by atoms with Crippen LogP contribution in [0.15, 0.2) is 58.1 Å². The average molecular weight is 431 g/mol. The van der Waals surface area contributed by atoms with E-state index in [1.54, 1.807) is 11.0 Å². The molecule has 1 atom stereocenters. The maximum absolute atomic E-state index is 12.3. The molecule has 1 aliphatic heterocycles. The van der Waals surface area contributed by atoms with E-state index in [1.165, 1.54) is 24.4 Å². The number of hydrazone groups is 1. The van der Waals surface area contributed by atoms with Crippen molar-refractivity contribution in [1.29, 1.82) is 0 Å². The first-order valence-electron chi connectivity index (χ1n) is 8.07. The Labute approximate surface area is 163 Å². The number of nitro groups is 1. The number of amides is 2. The molecule has 8 nitrogen and oxygen atoms in total. The molecule has 0 aromatic heterocycles. The molecule has 3 rings (SSSR count). The van der Waals surface area contributed by atoms with Gasteiger partial charge in [0, 0.05) is 40.8 Å². The standard InChI is InChI=1S/C18H15BrN4O4/c19-14-4-6-15(7-5-14)22-11-13(9-17(22)24)18(25)21-20-10-12-2-1-3-16(8-12)23(26)27/h1-8,10,13H,9,11H2,(H,21,25)/b20-10+. The average Bonchev–Trinajstić information content (AvgIpc) is 3.04. The number of hydrogen-bond donors (Lipinski definition) is 1. The highest BCUT2D eigenvalue weighted by atomic mass is 79.9. The van der Waals surface area contributed by atoms with Crippen molar-refractivity contribution < 1.29 is 14.5 Å². The Bertz CT molecular complexity index is 914. The summed E-state index contributed by atoms with van der Waals surface area (Å²) in [5, 5.41) is 14.6. The summed E-state index contributed by atoms with van der Waals surface area (Å²) in [6, 6.07) is 13.2. The first-order valence-corrected chi connectivity index (χ1v) is 8.86. The van der Waals surface area contributed by atoms with Crippen LogP contribution in [0.25, 0.3) is 0 Å². The molecule has 1 fully saturated rings. The van der Waals surface area contributed by atoms with Gasteiger partial charge in [-0.15, -0.1) is 0 Å². The van der Waals surface area contributed by atoms with Gasteiger partial charge in [0.2, 0.25) is 11.8 Å². The topological polar surface area (TPSA) is 105 Å². The van der Waals surface area contributed by atoms with Gasteiger partial charge < -0.3 is 4.90 Å². The number of carbonyl (C=O) groups is 2. The molecule has 1 saturated heterocycles. The molecule has 2 aromatic carbocycles. The Hall–Kier alpha value is -3.07. The number of benzene rings is 2. The zero-order chi connectivity index (χ0) is 19.4. The third kappa shape index (κ3) is 4.56. The van der Waals surface area contributed by atoms with Gasteiger partial charge in [-0.1, -0.05) is 28.1 Å². The van der Waals surface area contributed by atoms with Gasteiger partial charge in [0.1, 0.15) is 0 Å². The minimum Gasteiger partial charge on any atom is -0.312 e. The van der Waals surface area contributed by atoms with E-state index < -0.39 is 10.8 Å². The normalized spacial score (nSPS) is 16.7. The number of nitro benzene ring substituents is 1. The van der Waals surface area contributed by atoms with E-state index in [0.717, 1.165) is 10.2 Å². The predicted octanol–water partition coefficient (Wildman–Crippen LogP) is 2.86. The second kappa shape index (κ2) is 8.09. The quantitative estimate of drug-likeness (QED) is 0.447. The van der Waals surface area contributed by atoms with Gasteiger partial charge in [-0.2, -0.15) is 5.10 Å². The maximum atomic E-state index is 12.3. The Morgan fingerprint density at radius 2 is 2.04 bits per heavy atom. The summed E-state index contributed by atoms with van der Waals surface area (Å²) in [6.45, 7) is 0.276. The highest BCUT2D eigenvalue weighted by Crippen LogP contribution is 2.26. The van der Waals surface area contributed by atoms with Crippen LogP contribution >= 0.6 is 15.9 Å². The van der Waals surface area contributed by atoms with Crippen molar-refractivity contribution in [3.8, 4) is 0 Å². The SMILES string of the molecule is O=C(N/N=C/c1cccc([N+](=O)[O-])c1)C1CC(=O)N(c2ccc(Br)cc2)C1. The van der Waals surface area contributed by atoms with Crippen molar-refractivity contribution in [3.05, 3.63) is 68.7 Å². The minimum absolute atomic E-state index is 0.0585. The first kappa shape index (κ1) is 18.7. The molecule has 2 aromatic rings. The lowest BCUT2D eigenvalue weighted by atomic mass is 10.1. The number of anilines is 1. The predicted molar refractivity (Wildman–Crippen MR) is 103 cm³/mol. The number of hydrogen-bond acceptors (Lipinski definition) is 5. The van der Waals surface area contributed by atoms with Crippen molar-refractivity contribution in [2.45, 2.75) is 6.42 Å². The first-order chi connectivity index (χ1) is 12.9. The highest BCUT2D eigenvalue weighted by Gasteiger charge is 2.35. The number of nitrogens with zero attached hydrogens (tertiary/aromatic N) is 3. The molecule has 0 saturated carbocycles. The van der Waals surface area contributed by atoms with Gasteiger partial charge in [0.05, 0.1) is 17.1 Å². The Kier molecular flexibility index (Phi) is 5.60. The fourth-order valence-corrected chi connectivity index (χ4v) is 3.00. The minimum atomic E-state index is -0.511. The van der Waals surface area contributed by atoms with E-state index in [2.05, 4.69) is 26.5 Å². The van der Waals surface area contributed by atoms with Gasteiger partial charge in [-0.05, 0) is 24.3 Å². The largest absolute Gasteiger partial charge is 0.312 e. The fraction of sp³-hybridized carbons (Fsp3) is 0.167. The number of rotatable bonds is 5. The molecule has 27 heavy (non-hydrogen) atoms. The molecule has 1 N–H and O–H groups in total. The third-order valence-electron chi connectivity index (χ3n) is 4.10. The maximum Gasteiger partial charge on any atom is 0.270 e. The van der Waals surface area contributed by atoms with E-state index in [1.807, 2.05) is 24.3 Å². The zero-order valence-electron chi connectivity index (χ0n) is 14.0. The van der Waals surface area contributed by atoms with Crippen LogP contribution in [0, 0.1) is 16.0 Å². The van der Waals surface area contributed by atoms with E-state index in [-0.39, 0.29) is 30.5 Å². The van der Waals surface area contributed by atoms with Crippen LogP contribution in [0.4, 0.5) is 11.4 Å². The van der Waals surface area contributed by atoms with E-state index >= 15 is 0 Å². The molecular formula is C18H15BrN4O4. The number of non-ortho nitro benzene ring substituents is 1. The summed E-state index contributed by atoms with van der Waals surface area (Å²) in [7, 11) is 0. The monoisotopic (exact) mass is 430 g/mol. The van der Waals surface area contributed by atoms with Crippen LogP contribution in [0.5, 0.6) is 0 Å². The molecule has 0 radical (unpaired) electrons. The lowest BCUT2D eigenvalue weighted by Gasteiger charge is -2.16. The molecule has 1 aliphatic rings. The molecule has 2 amide bonds.